The first-order chi connectivity index (χ1) is 9.49. The van der Waals surface area contributed by atoms with Gasteiger partial charge in [0.05, 0.1) is 6.10 Å². The van der Waals surface area contributed by atoms with Gasteiger partial charge >= 0.3 is 0 Å². The second kappa shape index (κ2) is 6.10. The number of benzene rings is 2. The first-order valence-electron chi connectivity index (χ1n) is 7.04. The summed E-state index contributed by atoms with van der Waals surface area (Å²) in [5, 5.41) is 9.77. The van der Waals surface area contributed by atoms with Crippen molar-refractivity contribution in [3.8, 4) is 11.5 Å². The fraction of sp³-hybridized carbons (Fsp3) is 0.333. The number of para-hydroxylation sites is 1. The average molecular weight is 270 g/mol. The minimum Gasteiger partial charge on any atom is -0.457 e. The molecule has 2 rings (SSSR count). The summed E-state index contributed by atoms with van der Waals surface area (Å²) < 4.78 is 5.93. The maximum absolute atomic E-state index is 9.77. The zero-order valence-corrected chi connectivity index (χ0v) is 12.6. The third kappa shape index (κ3) is 3.20. The summed E-state index contributed by atoms with van der Waals surface area (Å²) in [7, 11) is 0. The van der Waals surface area contributed by atoms with Crippen molar-refractivity contribution >= 4 is 0 Å². The number of hydrogen-bond acceptors (Lipinski definition) is 2. The molecular formula is C18H22O2. The van der Waals surface area contributed by atoms with E-state index in [0.29, 0.717) is 11.7 Å². The molecule has 0 bridgehead atoms. The summed E-state index contributed by atoms with van der Waals surface area (Å²) in [6.45, 7) is 8.22. The van der Waals surface area contributed by atoms with Crippen LogP contribution in [0.3, 0.4) is 0 Å². The molecule has 1 atom stereocenters. The molecule has 0 aliphatic heterocycles. The molecule has 2 aromatic carbocycles. The van der Waals surface area contributed by atoms with Crippen LogP contribution in [0, 0.1) is 6.92 Å². The summed E-state index contributed by atoms with van der Waals surface area (Å²) in [5.41, 5.74) is 3.37. The van der Waals surface area contributed by atoms with Gasteiger partial charge in [0, 0.05) is 5.56 Å². The van der Waals surface area contributed by atoms with E-state index in [1.807, 2.05) is 36.4 Å². The SMILES string of the molecule is Cc1cc(Oc2ccccc2C(C)O)ccc1C(C)C. The van der Waals surface area contributed by atoms with Crippen LogP contribution in [0.4, 0.5) is 0 Å². The topological polar surface area (TPSA) is 29.5 Å². The maximum Gasteiger partial charge on any atom is 0.133 e. The first-order valence-corrected chi connectivity index (χ1v) is 7.04. The molecule has 0 radical (unpaired) electrons. The van der Waals surface area contributed by atoms with Gasteiger partial charge in [0.1, 0.15) is 11.5 Å². The smallest absolute Gasteiger partial charge is 0.133 e. The second-order valence-electron chi connectivity index (χ2n) is 5.49. The molecule has 0 spiro atoms. The van der Waals surface area contributed by atoms with E-state index in [0.717, 1.165) is 11.3 Å². The summed E-state index contributed by atoms with van der Waals surface area (Å²) in [6, 6.07) is 13.7. The fourth-order valence-corrected chi connectivity index (χ4v) is 2.41. The Morgan fingerprint density at radius 3 is 2.25 bits per heavy atom. The minimum atomic E-state index is -0.540. The van der Waals surface area contributed by atoms with Crippen LogP contribution in [0.2, 0.25) is 0 Å². The highest BCUT2D eigenvalue weighted by atomic mass is 16.5. The van der Waals surface area contributed by atoms with E-state index in [2.05, 4.69) is 26.8 Å². The summed E-state index contributed by atoms with van der Waals surface area (Å²) in [6.07, 6.45) is -0.540. The van der Waals surface area contributed by atoms with Crippen molar-refractivity contribution in [3.05, 3.63) is 59.2 Å². The number of aryl methyl sites for hydroxylation is 1. The average Bonchev–Trinajstić information content (AvgIpc) is 2.38. The fourth-order valence-electron chi connectivity index (χ4n) is 2.41. The molecular weight excluding hydrogens is 248 g/mol. The Balaban J connectivity index is 2.29. The minimum absolute atomic E-state index is 0.508. The first kappa shape index (κ1) is 14.6. The van der Waals surface area contributed by atoms with Gasteiger partial charge in [0.15, 0.2) is 0 Å². The Labute approximate surface area is 121 Å². The molecule has 0 heterocycles. The van der Waals surface area contributed by atoms with Crippen molar-refractivity contribution in [1.82, 2.24) is 0 Å². The second-order valence-corrected chi connectivity index (χ2v) is 5.49. The van der Waals surface area contributed by atoms with Gasteiger partial charge in [0.25, 0.3) is 0 Å². The molecule has 1 unspecified atom stereocenters. The van der Waals surface area contributed by atoms with Crippen LogP contribution in [0.15, 0.2) is 42.5 Å². The van der Waals surface area contributed by atoms with Gasteiger partial charge in [0.2, 0.25) is 0 Å². The van der Waals surface area contributed by atoms with Crippen molar-refractivity contribution in [3.63, 3.8) is 0 Å². The highest BCUT2D eigenvalue weighted by Gasteiger charge is 2.10. The quantitative estimate of drug-likeness (QED) is 0.850. The lowest BCUT2D eigenvalue weighted by Crippen LogP contribution is -1.97. The van der Waals surface area contributed by atoms with Gasteiger partial charge < -0.3 is 9.84 Å². The number of rotatable bonds is 4. The standard InChI is InChI=1S/C18H22O2/c1-12(2)16-10-9-15(11-13(16)3)20-18-8-6-5-7-17(18)14(4)19/h5-12,14,19H,1-4H3. The molecule has 20 heavy (non-hydrogen) atoms. The molecule has 0 amide bonds. The van der Waals surface area contributed by atoms with E-state index >= 15 is 0 Å². The van der Waals surface area contributed by atoms with Crippen molar-refractivity contribution in [1.29, 1.82) is 0 Å². The van der Waals surface area contributed by atoms with Gasteiger partial charge in [-0.1, -0.05) is 38.1 Å². The third-order valence-electron chi connectivity index (χ3n) is 3.46. The predicted molar refractivity (Wildman–Crippen MR) is 82.4 cm³/mol. The van der Waals surface area contributed by atoms with Crippen LogP contribution < -0.4 is 4.74 Å². The Morgan fingerprint density at radius 2 is 1.65 bits per heavy atom. The maximum atomic E-state index is 9.77. The molecule has 1 N–H and O–H groups in total. The lowest BCUT2D eigenvalue weighted by Gasteiger charge is -2.15. The summed E-state index contributed by atoms with van der Waals surface area (Å²) in [4.78, 5) is 0. The molecule has 2 aromatic rings. The molecule has 0 aliphatic carbocycles. The third-order valence-corrected chi connectivity index (χ3v) is 3.46. The van der Waals surface area contributed by atoms with Crippen LogP contribution in [-0.2, 0) is 0 Å². The van der Waals surface area contributed by atoms with E-state index in [-0.39, 0.29) is 0 Å². The van der Waals surface area contributed by atoms with Gasteiger partial charge in [-0.15, -0.1) is 0 Å². The van der Waals surface area contributed by atoms with Crippen molar-refractivity contribution in [2.75, 3.05) is 0 Å². The molecule has 106 valence electrons. The Bertz CT molecular complexity index is 586. The normalized spacial score (nSPS) is 12.5. The largest absolute Gasteiger partial charge is 0.457 e. The zero-order chi connectivity index (χ0) is 14.7. The van der Waals surface area contributed by atoms with Crippen LogP contribution >= 0.6 is 0 Å². The zero-order valence-electron chi connectivity index (χ0n) is 12.6. The Morgan fingerprint density at radius 1 is 0.950 bits per heavy atom. The lowest BCUT2D eigenvalue weighted by molar-refractivity contribution is 0.195. The van der Waals surface area contributed by atoms with E-state index in [4.69, 9.17) is 4.74 Å². The summed E-state index contributed by atoms with van der Waals surface area (Å²) >= 11 is 0. The number of ether oxygens (including phenoxy) is 1. The molecule has 0 saturated heterocycles. The highest BCUT2D eigenvalue weighted by Crippen LogP contribution is 2.31. The van der Waals surface area contributed by atoms with Crippen molar-refractivity contribution < 1.29 is 9.84 Å². The van der Waals surface area contributed by atoms with Gasteiger partial charge in [-0.3, -0.25) is 0 Å². The lowest BCUT2D eigenvalue weighted by atomic mass is 9.98. The van der Waals surface area contributed by atoms with Crippen molar-refractivity contribution in [2.24, 2.45) is 0 Å². The molecule has 0 saturated carbocycles. The Hall–Kier alpha value is -1.80. The Kier molecular flexibility index (Phi) is 4.46. The van der Waals surface area contributed by atoms with Crippen LogP contribution in [0.5, 0.6) is 11.5 Å². The molecule has 0 aromatic heterocycles. The molecule has 2 nitrogen and oxygen atoms in total. The van der Waals surface area contributed by atoms with E-state index in [1.54, 1.807) is 6.92 Å². The summed E-state index contributed by atoms with van der Waals surface area (Å²) in [5.74, 6) is 2.02. The monoisotopic (exact) mass is 270 g/mol. The molecule has 0 aliphatic rings. The molecule has 0 fully saturated rings. The van der Waals surface area contributed by atoms with Gasteiger partial charge in [-0.05, 0) is 49.1 Å². The van der Waals surface area contributed by atoms with Crippen LogP contribution in [0.1, 0.15) is 49.5 Å². The van der Waals surface area contributed by atoms with Gasteiger partial charge in [-0.2, -0.15) is 0 Å². The van der Waals surface area contributed by atoms with E-state index in [1.165, 1.54) is 11.1 Å². The predicted octanol–water partition coefficient (Wildman–Crippen LogP) is 4.96. The van der Waals surface area contributed by atoms with E-state index in [9.17, 15) is 5.11 Å². The number of aliphatic hydroxyl groups excluding tert-OH is 1. The van der Waals surface area contributed by atoms with Crippen molar-refractivity contribution in [2.45, 2.75) is 39.7 Å². The number of hydrogen-bond donors (Lipinski definition) is 1. The van der Waals surface area contributed by atoms with Crippen LogP contribution in [-0.4, -0.2) is 5.11 Å². The molecule has 2 heteroatoms. The van der Waals surface area contributed by atoms with E-state index < -0.39 is 6.10 Å². The number of aliphatic hydroxyl groups is 1. The van der Waals surface area contributed by atoms with Gasteiger partial charge in [-0.25, -0.2) is 0 Å². The van der Waals surface area contributed by atoms with Crippen LogP contribution in [0.25, 0.3) is 0 Å². The highest BCUT2D eigenvalue weighted by molar-refractivity contribution is 5.42.